The molecule has 0 spiro atoms. The lowest BCUT2D eigenvalue weighted by Crippen LogP contribution is -2.35. The first-order valence-electron chi connectivity index (χ1n) is 5.74. The Balaban J connectivity index is 2.24. The molecule has 1 aromatic carbocycles. The van der Waals surface area contributed by atoms with Gasteiger partial charge < -0.3 is 9.84 Å². The van der Waals surface area contributed by atoms with E-state index in [0.717, 1.165) is 6.42 Å². The van der Waals surface area contributed by atoms with Crippen molar-refractivity contribution in [2.45, 2.75) is 25.9 Å². The lowest BCUT2D eigenvalue weighted by molar-refractivity contribution is 0.0267. The van der Waals surface area contributed by atoms with Gasteiger partial charge in [0, 0.05) is 17.0 Å². The van der Waals surface area contributed by atoms with E-state index < -0.39 is 0 Å². The number of hydrogen-bond donors (Lipinski definition) is 1. The van der Waals surface area contributed by atoms with Crippen molar-refractivity contribution < 1.29 is 14.2 Å². The van der Waals surface area contributed by atoms with Gasteiger partial charge in [-0.15, -0.1) is 0 Å². The van der Waals surface area contributed by atoms with E-state index in [-0.39, 0.29) is 23.9 Å². The first-order valence-corrected chi connectivity index (χ1v) is 6.11. The molecule has 1 fully saturated rings. The van der Waals surface area contributed by atoms with Crippen LogP contribution in [0.4, 0.5) is 4.39 Å². The maximum absolute atomic E-state index is 13.7. The van der Waals surface area contributed by atoms with E-state index in [9.17, 15) is 9.50 Å². The van der Waals surface area contributed by atoms with E-state index in [1.54, 1.807) is 12.1 Å². The van der Waals surface area contributed by atoms with Gasteiger partial charge in [-0.1, -0.05) is 17.7 Å². The summed E-state index contributed by atoms with van der Waals surface area (Å²) >= 11 is 5.72. The molecule has 1 aliphatic rings. The molecule has 94 valence electrons. The molecule has 1 aliphatic heterocycles. The van der Waals surface area contributed by atoms with Crippen LogP contribution in [0, 0.1) is 11.2 Å². The third-order valence-corrected chi connectivity index (χ3v) is 3.94. The first kappa shape index (κ1) is 12.8. The average molecular weight is 259 g/mol. The van der Waals surface area contributed by atoms with Crippen LogP contribution in [0.1, 0.15) is 18.9 Å². The average Bonchev–Trinajstić information content (AvgIpc) is 2.65. The maximum Gasteiger partial charge on any atom is 0.127 e. The van der Waals surface area contributed by atoms with Gasteiger partial charge in [-0.3, -0.25) is 0 Å². The number of rotatable bonds is 3. The van der Waals surface area contributed by atoms with Gasteiger partial charge in [0.05, 0.1) is 12.7 Å². The van der Waals surface area contributed by atoms with E-state index in [1.165, 1.54) is 6.07 Å². The van der Waals surface area contributed by atoms with Crippen molar-refractivity contribution in [2.75, 3.05) is 13.2 Å². The maximum atomic E-state index is 13.7. The van der Waals surface area contributed by atoms with Gasteiger partial charge in [0.1, 0.15) is 5.82 Å². The molecule has 0 amide bonds. The Morgan fingerprint density at radius 1 is 1.59 bits per heavy atom. The number of halogens is 2. The van der Waals surface area contributed by atoms with Gasteiger partial charge in [-0.05, 0) is 37.5 Å². The standard InChI is InChI=1S/C13H16ClFO2/c1-9-13(8-16,4-5-17-9)7-10-2-3-11(14)6-12(10)15/h2-3,6,9,16H,4-5,7-8H2,1H3. The van der Waals surface area contributed by atoms with Crippen LogP contribution in [-0.4, -0.2) is 24.4 Å². The van der Waals surface area contributed by atoms with E-state index in [2.05, 4.69) is 0 Å². The molecule has 0 saturated carbocycles. The molecule has 0 aromatic heterocycles. The van der Waals surface area contributed by atoms with Crippen molar-refractivity contribution in [3.63, 3.8) is 0 Å². The monoisotopic (exact) mass is 258 g/mol. The molecular weight excluding hydrogens is 243 g/mol. The predicted octanol–water partition coefficient (Wildman–Crippen LogP) is 2.81. The Morgan fingerprint density at radius 3 is 2.88 bits per heavy atom. The Labute approximate surface area is 105 Å². The zero-order valence-corrected chi connectivity index (χ0v) is 10.5. The van der Waals surface area contributed by atoms with Crippen LogP contribution in [0.5, 0.6) is 0 Å². The fraction of sp³-hybridized carbons (Fsp3) is 0.538. The highest BCUT2D eigenvalue weighted by molar-refractivity contribution is 6.30. The van der Waals surface area contributed by atoms with Crippen molar-refractivity contribution in [1.29, 1.82) is 0 Å². The van der Waals surface area contributed by atoms with Crippen molar-refractivity contribution in [2.24, 2.45) is 5.41 Å². The number of aliphatic hydroxyl groups excluding tert-OH is 1. The Hall–Kier alpha value is -0.640. The van der Waals surface area contributed by atoms with Gasteiger partial charge in [0.15, 0.2) is 0 Å². The minimum Gasteiger partial charge on any atom is -0.396 e. The molecular formula is C13H16ClFO2. The number of hydrogen-bond acceptors (Lipinski definition) is 2. The lowest BCUT2D eigenvalue weighted by atomic mass is 9.77. The molecule has 0 aliphatic carbocycles. The van der Waals surface area contributed by atoms with E-state index in [1.807, 2.05) is 6.92 Å². The van der Waals surface area contributed by atoms with Crippen molar-refractivity contribution in [3.05, 3.63) is 34.6 Å². The zero-order chi connectivity index (χ0) is 12.5. The third-order valence-electron chi connectivity index (χ3n) is 3.70. The molecule has 17 heavy (non-hydrogen) atoms. The number of benzene rings is 1. The van der Waals surface area contributed by atoms with Gasteiger partial charge in [-0.25, -0.2) is 4.39 Å². The van der Waals surface area contributed by atoms with Gasteiger partial charge in [-0.2, -0.15) is 0 Å². The Kier molecular flexibility index (Phi) is 3.71. The molecule has 1 heterocycles. The Bertz CT molecular complexity index is 410. The molecule has 2 unspecified atom stereocenters. The number of ether oxygens (including phenoxy) is 1. The van der Waals surface area contributed by atoms with Crippen LogP contribution in [0.25, 0.3) is 0 Å². The highest BCUT2D eigenvalue weighted by atomic mass is 35.5. The van der Waals surface area contributed by atoms with Crippen LogP contribution >= 0.6 is 11.6 Å². The third kappa shape index (κ3) is 2.46. The summed E-state index contributed by atoms with van der Waals surface area (Å²) in [6, 6.07) is 4.66. The lowest BCUT2D eigenvalue weighted by Gasteiger charge is -2.30. The van der Waals surface area contributed by atoms with Crippen molar-refractivity contribution >= 4 is 11.6 Å². The van der Waals surface area contributed by atoms with E-state index >= 15 is 0 Å². The fourth-order valence-corrected chi connectivity index (χ4v) is 2.52. The molecule has 0 radical (unpaired) electrons. The first-order chi connectivity index (χ1) is 8.07. The SMILES string of the molecule is CC1OCCC1(CO)Cc1ccc(Cl)cc1F. The van der Waals surface area contributed by atoms with E-state index in [0.29, 0.717) is 23.6 Å². The van der Waals surface area contributed by atoms with Crippen LogP contribution in [0.2, 0.25) is 5.02 Å². The molecule has 2 nitrogen and oxygen atoms in total. The van der Waals surface area contributed by atoms with Crippen LogP contribution in [-0.2, 0) is 11.2 Å². The minimum atomic E-state index is -0.366. The molecule has 0 bridgehead atoms. The molecule has 1 N–H and O–H groups in total. The molecule has 1 saturated heterocycles. The van der Waals surface area contributed by atoms with Crippen molar-refractivity contribution in [1.82, 2.24) is 0 Å². The number of aliphatic hydroxyl groups is 1. The van der Waals surface area contributed by atoms with Crippen LogP contribution < -0.4 is 0 Å². The second kappa shape index (κ2) is 4.92. The summed E-state index contributed by atoms with van der Waals surface area (Å²) in [6.45, 7) is 2.56. The second-order valence-electron chi connectivity index (χ2n) is 4.70. The van der Waals surface area contributed by atoms with Crippen molar-refractivity contribution in [3.8, 4) is 0 Å². The molecule has 2 rings (SSSR count). The van der Waals surface area contributed by atoms with Crippen LogP contribution in [0.15, 0.2) is 18.2 Å². The highest BCUT2D eigenvalue weighted by Crippen LogP contribution is 2.38. The topological polar surface area (TPSA) is 29.5 Å². The quantitative estimate of drug-likeness (QED) is 0.903. The molecule has 1 aromatic rings. The van der Waals surface area contributed by atoms with Gasteiger partial charge >= 0.3 is 0 Å². The fourth-order valence-electron chi connectivity index (χ4n) is 2.36. The Morgan fingerprint density at radius 2 is 2.35 bits per heavy atom. The minimum absolute atomic E-state index is 0.0102. The second-order valence-corrected chi connectivity index (χ2v) is 5.13. The summed E-state index contributed by atoms with van der Waals surface area (Å²) in [5.41, 5.74) is 0.218. The highest BCUT2D eigenvalue weighted by Gasteiger charge is 2.41. The summed E-state index contributed by atoms with van der Waals surface area (Å²) < 4.78 is 19.2. The van der Waals surface area contributed by atoms with Crippen LogP contribution in [0.3, 0.4) is 0 Å². The summed E-state index contributed by atoms with van der Waals surface area (Å²) in [4.78, 5) is 0. The molecule has 4 heteroatoms. The van der Waals surface area contributed by atoms with Gasteiger partial charge in [0.2, 0.25) is 0 Å². The largest absolute Gasteiger partial charge is 0.396 e. The summed E-state index contributed by atoms with van der Waals surface area (Å²) in [6.07, 6.45) is 1.18. The normalized spacial score (nSPS) is 28.6. The summed E-state index contributed by atoms with van der Waals surface area (Å²) in [7, 11) is 0. The summed E-state index contributed by atoms with van der Waals surface area (Å²) in [5, 5.41) is 9.95. The smallest absolute Gasteiger partial charge is 0.127 e. The zero-order valence-electron chi connectivity index (χ0n) is 9.75. The summed E-state index contributed by atoms with van der Waals surface area (Å²) in [5.74, 6) is -0.315. The van der Waals surface area contributed by atoms with E-state index in [4.69, 9.17) is 16.3 Å². The predicted molar refractivity (Wildman–Crippen MR) is 64.7 cm³/mol. The molecule has 2 atom stereocenters. The van der Waals surface area contributed by atoms with Gasteiger partial charge in [0.25, 0.3) is 0 Å².